The molecule has 0 saturated carbocycles. The molecule has 1 aliphatic rings. The number of nitrogens with zero attached hydrogens (tertiary/aromatic N) is 2. The van der Waals surface area contributed by atoms with Crippen LogP contribution in [0.2, 0.25) is 0 Å². The molecule has 2 N–H and O–H groups in total. The van der Waals surface area contributed by atoms with Crippen molar-refractivity contribution in [3.63, 3.8) is 0 Å². The van der Waals surface area contributed by atoms with Crippen LogP contribution in [0.5, 0.6) is 0 Å². The van der Waals surface area contributed by atoms with Crippen molar-refractivity contribution in [1.82, 2.24) is 5.32 Å². The molecule has 0 saturated heterocycles. The zero-order valence-electron chi connectivity index (χ0n) is 13.2. The third-order valence-corrected chi connectivity index (χ3v) is 3.67. The first kappa shape index (κ1) is 16.7. The second-order valence-corrected chi connectivity index (χ2v) is 5.49. The largest absolute Gasteiger partial charge is 0.480 e. The predicted molar refractivity (Wildman–Crippen MR) is 89.8 cm³/mol. The maximum Gasteiger partial charge on any atom is 0.326 e. The van der Waals surface area contributed by atoms with Crippen molar-refractivity contribution in [2.24, 2.45) is 5.10 Å². The maximum atomic E-state index is 12.2. The molecule has 0 aromatic heterocycles. The highest BCUT2D eigenvalue weighted by Crippen LogP contribution is 2.20. The number of hydrazone groups is 1. The molecule has 0 spiro atoms. The first-order valence-electron chi connectivity index (χ1n) is 7.57. The van der Waals surface area contributed by atoms with E-state index in [-0.39, 0.29) is 0 Å². The molecule has 1 unspecified atom stereocenters. The fraction of sp³-hybridized carbons (Fsp3) is 0.353. The Morgan fingerprint density at radius 1 is 1.43 bits per heavy atom. The number of rotatable bonds is 7. The van der Waals surface area contributed by atoms with Crippen molar-refractivity contribution >= 4 is 23.3 Å². The average Bonchev–Trinajstić information content (AvgIpc) is 2.97. The monoisotopic (exact) mass is 315 g/mol. The molecule has 2 rings (SSSR count). The number of hydrogen-bond donors (Lipinski definition) is 2. The average molecular weight is 315 g/mol. The molecule has 1 atom stereocenters. The number of carboxylic acids is 1. The second kappa shape index (κ2) is 7.58. The lowest BCUT2D eigenvalue weighted by atomic mass is 10.1. The zero-order chi connectivity index (χ0) is 16.8. The van der Waals surface area contributed by atoms with Gasteiger partial charge in [-0.15, -0.1) is 6.58 Å². The molecule has 1 amide bonds. The lowest BCUT2D eigenvalue weighted by Gasteiger charge is -2.15. The maximum absolute atomic E-state index is 12.2. The number of hydrogen-bond acceptors (Lipinski definition) is 4. The first-order valence-corrected chi connectivity index (χ1v) is 7.57. The van der Waals surface area contributed by atoms with Crippen LogP contribution in [-0.4, -0.2) is 35.3 Å². The van der Waals surface area contributed by atoms with Crippen molar-refractivity contribution in [2.45, 2.75) is 32.2 Å². The minimum atomic E-state index is -1.04. The van der Waals surface area contributed by atoms with Gasteiger partial charge in [-0.25, -0.2) is 4.79 Å². The SMILES string of the molecule is C=CCCC(NC(=O)c1ccc(N2CCC(C)=N2)cc1)C(=O)O. The topological polar surface area (TPSA) is 82.0 Å². The summed E-state index contributed by atoms with van der Waals surface area (Å²) in [6.45, 7) is 6.38. The number of benzene rings is 1. The van der Waals surface area contributed by atoms with Crippen molar-refractivity contribution in [2.75, 3.05) is 11.6 Å². The zero-order valence-corrected chi connectivity index (χ0v) is 13.2. The van der Waals surface area contributed by atoms with Gasteiger partial charge in [0.15, 0.2) is 0 Å². The molecule has 6 heteroatoms. The van der Waals surface area contributed by atoms with Crippen molar-refractivity contribution < 1.29 is 14.7 Å². The number of carbonyl (C=O) groups is 2. The highest BCUT2D eigenvalue weighted by atomic mass is 16.4. The van der Waals surface area contributed by atoms with Crippen LogP contribution >= 0.6 is 0 Å². The van der Waals surface area contributed by atoms with Crippen LogP contribution in [0.1, 0.15) is 36.5 Å². The van der Waals surface area contributed by atoms with E-state index in [1.54, 1.807) is 18.2 Å². The molecular formula is C17H21N3O3. The molecular weight excluding hydrogens is 294 g/mol. The number of anilines is 1. The molecule has 1 heterocycles. The summed E-state index contributed by atoms with van der Waals surface area (Å²) in [6.07, 6.45) is 3.42. The summed E-state index contributed by atoms with van der Waals surface area (Å²) >= 11 is 0. The van der Waals surface area contributed by atoms with E-state index in [9.17, 15) is 9.59 Å². The number of nitrogens with one attached hydrogen (secondary N) is 1. The van der Waals surface area contributed by atoms with Crippen LogP contribution in [0.3, 0.4) is 0 Å². The number of aliphatic carboxylic acids is 1. The van der Waals surface area contributed by atoms with Gasteiger partial charge in [-0.1, -0.05) is 6.08 Å². The van der Waals surface area contributed by atoms with Gasteiger partial charge in [0.1, 0.15) is 6.04 Å². The summed E-state index contributed by atoms with van der Waals surface area (Å²) < 4.78 is 0. The summed E-state index contributed by atoms with van der Waals surface area (Å²) in [6, 6.07) is 6.08. The molecule has 1 aliphatic heterocycles. The van der Waals surface area contributed by atoms with Crippen LogP contribution in [0.25, 0.3) is 0 Å². The molecule has 0 radical (unpaired) electrons. The van der Waals surface area contributed by atoms with E-state index < -0.39 is 17.9 Å². The van der Waals surface area contributed by atoms with E-state index in [0.29, 0.717) is 18.4 Å². The van der Waals surface area contributed by atoms with Gasteiger partial charge in [0, 0.05) is 24.2 Å². The Kier molecular flexibility index (Phi) is 5.51. The van der Waals surface area contributed by atoms with Gasteiger partial charge >= 0.3 is 5.97 Å². The third-order valence-electron chi connectivity index (χ3n) is 3.67. The predicted octanol–water partition coefficient (Wildman–Crippen LogP) is 2.42. The molecule has 0 fully saturated rings. The van der Waals surface area contributed by atoms with Gasteiger partial charge in [-0.3, -0.25) is 9.80 Å². The van der Waals surface area contributed by atoms with E-state index in [4.69, 9.17) is 5.11 Å². The Morgan fingerprint density at radius 3 is 2.65 bits per heavy atom. The Bertz CT molecular complexity index is 622. The lowest BCUT2D eigenvalue weighted by molar-refractivity contribution is -0.139. The Labute approximate surface area is 135 Å². The molecule has 0 bridgehead atoms. The summed E-state index contributed by atoms with van der Waals surface area (Å²) in [5.74, 6) is -1.44. The summed E-state index contributed by atoms with van der Waals surface area (Å²) in [7, 11) is 0. The van der Waals surface area contributed by atoms with Crippen molar-refractivity contribution in [1.29, 1.82) is 0 Å². The van der Waals surface area contributed by atoms with Crippen LogP contribution in [0.15, 0.2) is 42.0 Å². The van der Waals surface area contributed by atoms with Gasteiger partial charge in [0.05, 0.1) is 5.69 Å². The Balaban J connectivity index is 2.02. The van der Waals surface area contributed by atoms with Crippen LogP contribution in [0, 0.1) is 0 Å². The number of carboxylic acid groups (broad SMARTS) is 1. The standard InChI is InChI=1S/C17H21N3O3/c1-3-4-5-15(17(22)23)18-16(21)13-6-8-14(9-7-13)20-11-10-12(2)19-20/h3,6-9,15H,1,4-5,10-11H2,2H3,(H,18,21)(H,22,23). The molecule has 1 aromatic carbocycles. The van der Waals surface area contributed by atoms with E-state index >= 15 is 0 Å². The molecule has 6 nitrogen and oxygen atoms in total. The number of carbonyl (C=O) groups excluding carboxylic acids is 1. The van der Waals surface area contributed by atoms with Crippen LogP contribution in [0.4, 0.5) is 5.69 Å². The fourth-order valence-electron chi connectivity index (χ4n) is 2.33. The quantitative estimate of drug-likeness (QED) is 0.757. The summed E-state index contributed by atoms with van der Waals surface area (Å²) in [4.78, 5) is 23.3. The normalized spacial score (nSPS) is 15.0. The number of amides is 1. The lowest BCUT2D eigenvalue weighted by Crippen LogP contribution is -2.40. The van der Waals surface area contributed by atoms with Gasteiger partial charge in [-0.2, -0.15) is 5.10 Å². The van der Waals surface area contributed by atoms with E-state index in [1.165, 1.54) is 0 Å². The van der Waals surface area contributed by atoms with E-state index in [0.717, 1.165) is 24.4 Å². The van der Waals surface area contributed by atoms with Gasteiger partial charge in [-0.05, 0) is 44.0 Å². The van der Waals surface area contributed by atoms with Crippen LogP contribution in [-0.2, 0) is 4.79 Å². The van der Waals surface area contributed by atoms with Gasteiger partial charge in [0.2, 0.25) is 0 Å². The minimum absolute atomic E-state index is 0.324. The Hall–Kier alpha value is -2.63. The second-order valence-electron chi connectivity index (χ2n) is 5.49. The molecule has 23 heavy (non-hydrogen) atoms. The smallest absolute Gasteiger partial charge is 0.326 e. The minimum Gasteiger partial charge on any atom is -0.480 e. The number of allylic oxidation sites excluding steroid dienone is 1. The van der Waals surface area contributed by atoms with Crippen molar-refractivity contribution in [3.8, 4) is 0 Å². The van der Waals surface area contributed by atoms with Gasteiger partial charge in [0.25, 0.3) is 5.91 Å². The first-order chi connectivity index (χ1) is 11.0. The summed E-state index contributed by atoms with van der Waals surface area (Å²) in [5.41, 5.74) is 2.43. The van der Waals surface area contributed by atoms with E-state index in [2.05, 4.69) is 17.0 Å². The molecule has 0 aliphatic carbocycles. The highest BCUT2D eigenvalue weighted by Gasteiger charge is 2.20. The van der Waals surface area contributed by atoms with Crippen LogP contribution < -0.4 is 10.3 Å². The summed E-state index contributed by atoms with van der Waals surface area (Å²) in [5, 5.41) is 18.0. The van der Waals surface area contributed by atoms with Crippen molar-refractivity contribution in [3.05, 3.63) is 42.5 Å². The molecule has 122 valence electrons. The van der Waals surface area contributed by atoms with Gasteiger partial charge < -0.3 is 10.4 Å². The van der Waals surface area contributed by atoms with E-state index in [1.807, 2.05) is 24.1 Å². The third kappa shape index (κ3) is 4.42. The molecule has 1 aromatic rings. The fourth-order valence-corrected chi connectivity index (χ4v) is 2.33. The highest BCUT2D eigenvalue weighted by molar-refractivity contribution is 5.97. The Morgan fingerprint density at radius 2 is 2.13 bits per heavy atom.